The second-order valence-electron chi connectivity index (χ2n) is 11.6. The molecule has 4 fully saturated rings. The minimum atomic E-state index is -0.732. The highest BCUT2D eigenvalue weighted by Crippen LogP contribution is 2.68. The van der Waals surface area contributed by atoms with E-state index in [1.54, 1.807) is 0 Å². The standard InChI is InChI=1S/C25H42O5/c1-14(5-8-20(27)30-4)16-6-7-17-21-18(10-12-24(16,17)2)25(3)11-9-15(26)13-19(25)22(28)23(21)29/h14-19,21-23,26,28-29H,5-13H2,1-4H3/t14-,15-,16-,17?,18?,19?,21?,22-,23?,24-,25-/m1/s1. The zero-order valence-corrected chi connectivity index (χ0v) is 19.2. The van der Waals surface area contributed by atoms with Crippen molar-refractivity contribution < 1.29 is 24.9 Å². The van der Waals surface area contributed by atoms with Gasteiger partial charge in [-0.15, -0.1) is 0 Å². The van der Waals surface area contributed by atoms with Gasteiger partial charge >= 0.3 is 5.97 Å². The summed E-state index contributed by atoms with van der Waals surface area (Å²) in [6, 6.07) is 0. The van der Waals surface area contributed by atoms with Crippen LogP contribution in [-0.2, 0) is 9.53 Å². The van der Waals surface area contributed by atoms with E-state index in [0.29, 0.717) is 36.5 Å². The third-order valence-corrected chi connectivity index (χ3v) is 10.5. The van der Waals surface area contributed by atoms with Crippen LogP contribution in [0.15, 0.2) is 0 Å². The fraction of sp³-hybridized carbons (Fsp3) is 0.960. The predicted molar refractivity (Wildman–Crippen MR) is 114 cm³/mol. The van der Waals surface area contributed by atoms with Crippen LogP contribution in [0.25, 0.3) is 0 Å². The number of carbonyl (C=O) groups is 1. The number of rotatable bonds is 4. The quantitative estimate of drug-likeness (QED) is 0.603. The Bertz CT molecular complexity index is 651. The number of aliphatic hydroxyl groups is 3. The summed E-state index contributed by atoms with van der Waals surface area (Å²) in [5, 5.41) is 32.7. The molecule has 11 atom stereocenters. The average molecular weight is 423 g/mol. The summed E-state index contributed by atoms with van der Waals surface area (Å²) in [7, 11) is 1.45. The summed E-state index contributed by atoms with van der Waals surface area (Å²) in [4.78, 5) is 11.7. The minimum Gasteiger partial charge on any atom is -0.469 e. The van der Waals surface area contributed by atoms with E-state index in [1.807, 2.05) is 0 Å². The summed E-state index contributed by atoms with van der Waals surface area (Å²) in [6.07, 6.45) is 6.48. The molecule has 0 saturated heterocycles. The number of ether oxygens (including phenoxy) is 1. The van der Waals surface area contributed by atoms with Crippen molar-refractivity contribution in [3.05, 3.63) is 0 Å². The van der Waals surface area contributed by atoms with Gasteiger partial charge in [-0.1, -0.05) is 20.8 Å². The predicted octanol–water partition coefficient (Wildman–Crippen LogP) is 3.54. The van der Waals surface area contributed by atoms with Gasteiger partial charge in [0.1, 0.15) is 0 Å². The number of aliphatic hydroxyl groups excluding tert-OH is 3. The van der Waals surface area contributed by atoms with Crippen LogP contribution in [0.2, 0.25) is 0 Å². The lowest BCUT2D eigenvalue weighted by atomic mass is 9.43. The zero-order chi connectivity index (χ0) is 21.8. The fourth-order valence-corrected chi connectivity index (χ4v) is 8.86. The Labute approximate surface area is 181 Å². The Balaban J connectivity index is 1.56. The maximum Gasteiger partial charge on any atom is 0.305 e. The summed E-state index contributed by atoms with van der Waals surface area (Å²) in [6.45, 7) is 7.02. The van der Waals surface area contributed by atoms with Gasteiger partial charge in [-0.2, -0.15) is 0 Å². The zero-order valence-electron chi connectivity index (χ0n) is 19.2. The largest absolute Gasteiger partial charge is 0.469 e. The Morgan fingerprint density at radius 3 is 2.33 bits per heavy atom. The molecule has 0 aliphatic heterocycles. The lowest BCUT2D eigenvalue weighted by molar-refractivity contribution is -0.223. The molecule has 172 valence electrons. The fourth-order valence-electron chi connectivity index (χ4n) is 8.86. The monoisotopic (exact) mass is 422 g/mol. The average Bonchev–Trinajstić information content (AvgIpc) is 3.08. The second kappa shape index (κ2) is 8.04. The van der Waals surface area contributed by atoms with E-state index in [-0.39, 0.29) is 34.7 Å². The summed E-state index contributed by atoms with van der Waals surface area (Å²) >= 11 is 0. The number of carbonyl (C=O) groups excluding carboxylic acids is 1. The van der Waals surface area contributed by atoms with Gasteiger partial charge in [0.25, 0.3) is 0 Å². The third kappa shape index (κ3) is 3.34. The highest BCUT2D eigenvalue weighted by Gasteiger charge is 2.65. The molecule has 0 aromatic carbocycles. The Kier molecular flexibility index (Phi) is 6.04. The van der Waals surface area contributed by atoms with Crippen LogP contribution in [0.4, 0.5) is 0 Å². The van der Waals surface area contributed by atoms with Crippen LogP contribution < -0.4 is 0 Å². The molecule has 4 rings (SSSR count). The molecule has 0 spiro atoms. The molecule has 4 saturated carbocycles. The Morgan fingerprint density at radius 1 is 0.967 bits per heavy atom. The molecule has 0 aromatic heterocycles. The molecule has 3 N–H and O–H groups in total. The van der Waals surface area contributed by atoms with Crippen LogP contribution in [-0.4, -0.2) is 46.7 Å². The first-order chi connectivity index (χ1) is 14.1. The van der Waals surface area contributed by atoms with Crippen LogP contribution in [0, 0.1) is 46.3 Å². The highest BCUT2D eigenvalue weighted by molar-refractivity contribution is 5.69. The van der Waals surface area contributed by atoms with E-state index < -0.39 is 12.2 Å². The first kappa shape index (κ1) is 22.5. The van der Waals surface area contributed by atoms with Crippen molar-refractivity contribution in [2.75, 3.05) is 7.11 Å². The maximum absolute atomic E-state index is 11.7. The molecule has 5 heteroatoms. The topological polar surface area (TPSA) is 87.0 Å². The van der Waals surface area contributed by atoms with Crippen molar-refractivity contribution in [2.24, 2.45) is 46.3 Å². The summed E-state index contributed by atoms with van der Waals surface area (Å²) in [5.74, 6) is 1.87. The van der Waals surface area contributed by atoms with Crippen LogP contribution in [0.3, 0.4) is 0 Å². The molecule has 5 nitrogen and oxygen atoms in total. The van der Waals surface area contributed by atoms with Crippen LogP contribution in [0.1, 0.15) is 78.6 Å². The molecule has 0 heterocycles. The second-order valence-corrected chi connectivity index (χ2v) is 11.6. The number of fused-ring (bicyclic) bond motifs is 5. The Morgan fingerprint density at radius 2 is 1.63 bits per heavy atom. The van der Waals surface area contributed by atoms with Gasteiger partial charge < -0.3 is 20.1 Å². The lowest BCUT2D eigenvalue weighted by Gasteiger charge is -2.63. The normalized spacial score (nSPS) is 51.4. The first-order valence-corrected chi connectivity index (χ1v) is 12.2. The van der Waals surface area contributed by atoms with Gasteiger partial charge in [0.15, 0.2) is 0 Å². The highest BCUT2D eigenvalue weighted by atomic mass is 16.5. The van der Waals surface area contributed by atoms with Crippen molar-refractivity contribution in [1.82, 2.24) is 0 Å². The van der Waals surface area contributed by atoms with Gasteiger partial charge in [-0.25, -0.2) is 0 Å². The van der Waals surface area contributed by atoms with E-state index in [1.165, 1.54) is 13.5 Å². The SMILES string of the molecule is COC(=O)CC[C@@H](C)[C@H]1CCC2C3C(O)[C@H](O)C4C[C@H](O)CC[C@]4(C)C3CC[C@@]21C. The van der Waals surface area contributed by atoms with E-state index in [0.717, 1.165) is 38.5 Å². The van der Waals surface area contributed by atoms with Gasteiger partial charge in [0.05, 0.1) is 25.4 Å². The van der Waals surface area contributed by atoms with Gasteiger partial charge in [0, 0.05) is 6.42 Å². The van der Waals surface area contributed by atoms with Crippen LogP contribution in [0.5, 0.6) is 0 Å². The van der Waals surface area contributed by atoms with E-state index >= 15 is 0 Å². The maximum atomic E-state index is 11.7. The van der Waals surface area contributed by atoms with Crippen molar-refractivity contribution in [2.45, 2.75) is 96.9 Å². The molecular weight excluding hydrogens is 380 g/mol. The third-order valence-electron chi connectivity index (χ3n) is 10.5. The molecular formula is C25H42O5. The number of hydrogen-bond donors (Lipinski definition) is 3. The molecule has 4 aliphatic rings. The molecule has 4 aliphatic carbocycles. The summed E-state index contributed by atoms with van der Waals surface area (Å²) < 4.78 is 4.84. The van der Waals surface area contributed by atoms with Crippen molar-refractivity contribution in [1.29, 1.82) is 0 Å². The number of methoxy groups -OCH3 is 1. The Hall–Kier alpha value is -0.650. The number of esters is 1. The van der Waals surface area contributed by atoms with E-state index in [9.17, 15) is 20.1 Å². The van der Waals surface area contributed by atoms with Crippen molar-refractivity contribution >= 4 is 5.97 Å². The molecule has 5 unspecified atom stereocenters. The van der Waals surface area contributed by atoms with Gasteiger partial charge in [-0.3, -0.25) is 4.79 Å². The van der Waals surface area contributed by atoms with Crippen LogP contribution >= 0.6 is 0 Å². The molecule has 0 amide bonds. The molecule has 0 radical (unpaired) electrons. The van der Waals surface area contributed by atoms with E-state index in [4.69, 9.17) is 4.74 Å². The van der Waals surface area contributed by atoms with E-state index in [2.05, 4.69) is 20.8 Å². The summed E-state index contributed by atoms with van der Waals surface area (Å²) in [5.41, 5.74) is 0.174. The number of hydrogen-bond acceptors (Lipinski definition) is 5. The molecule has 30 heavy (non-hydrogen) atoms. The van der Waals surface area contributed by atoms with Crippen molar-refractivity contribution in [3.63, 3.8) is 0 Å². The molecule has 0 bridgehead atoms. The lowest BCUT2D eigenvalue weighted by Crippen LogP contribution is -2.64. The first-order valence-electron chi connectivity index (χ1n) is 12.2. The van der Waals surface area contributed by atoms with Gasteiger partial charge in [0.2, 0.25) is 0 Å². The van der Waals surface area contributed by atoms with Crippen molar-refractivity contribution in [3.8, 4) is 0 Å². The minimum absolute atomic E-state index is 0.00182. The van der Waals surface area contributed by atoms with Gasteiger partial charge in [-0.05, 0) is 97.7 Å². The smallest absolute Gasteiger partial charge is 0.305 e. The molecule has 0 aromatic rings.